The molecule has 0 radical (unpaired) electrons. The molecule has 0 aliphatic rings. The van der Waals surface area contributed by atoms with Crippen LogP contribution in [0.4, 0.5) is 5.13 Å². The molecule has 2 aromatic heterocycles. The van der Waals surface area contributed by atoms with Gasteiger partial charge in [-0.15, -0.1) is 0 Å². The summed E-state index contributed by atoms with van der Waals surface area (Å²) in [6.45, 7) is 1.82. The molecule has 0 bridgehead atoms. The molecule has 0 saturated heterocycles. The maximum absolute atomic E-state index is 12.4. The van der Waals surface area contributed by atoms with E-state index < -0.39 is 5.97 Å². The van der Waals surface area contributed by atoms with Crippen LogP contribution in [0.25, 0.3) is 5.69 Å². The van der Waals surface area contributed by atoms with Crippen LogP contribution in [0.1, 0.15) is 25.7 Å². The van der Waals surface area contributed by atoms with Gasteiger partial charge in [0.25, 0.3) is 5.91 Å². The number of esters is 1. The number of thiazole rings is 1. The van der Waals surface area contributed by atoms with Gasteiger partial charge in [-0.05, 0) is 19.1 Å². The van der Waals surface area contributed by atoms with Crippen LogP contribution in [-0.4, -0.2) is 33.8 Å². The normalized spacial score (nSPS) is 10.4. The van der Waals surface area contributed by atoms with Crippen molar-refractivity contribution >= 4 is 28.3 Å². The molecule has 1 amide bonds. The summed E-state index contributed by atoms with van der Waals surface area (Å²) < 4.78 is 6.31. The number of amides is 1. The predicted octanol–water partition coefficient (Wildman–Crippen LogP) is 2.68. The maximum atomic E-state index is 12.4. The quantitative estimate of drug-likeness (QED) is 0.737. The van der Waals surface area contributed by atoms with Crippen LogP contribution < -0.4 is 5.32 Å². The van der Waals surface area contributed by atoms with E-state index in [1.807, 2.05) is 37.3 Å². The van der Waals surface area contributed by atoms with E-state index in [4.69, 9.17) is 0 Å². The lowest BCUT2D eigenvalue weighted by molar-refractivity contribution is 0.0606. The molecular weight excluding hydrogens is 328 g/mol. The Bertz CT molecular complexity index is 886. The smallest absolute Gasteiger partial charge is 0.349 e. The second-order valence-corrected chi connectivity index (χ2v) is 5.90. The van der Waals surface area contributed by atoms with Gasteiger partial charge in [0.2, 0.25) is 0 Å². The minimum absolute atomic E-state index is 0.324. The molecule has 122 valence electrons. The zero-order valence-electron chi connectivity index (χ0n) is 13.0. The summed E-state index contributed by atoms with van der Waals surface area (Å²) >= 11 is 1.05. The summed E-state index contributed by atoms with van der Waals surface area (Å²) in [6.07, 6.45) is 2.87. The van der Waals surface area contributed by atoms with Crippen molar-refractivity contribution < 1.29 is 14.3 Å². The number of carbonyl (C=O) groups is 2. The van der Waals surface area contributed by atoms with Gasteiger partial charge in [0.05, 0.1) is 36.4 Å². The summed E-state index contributed by atoms with van der Waals surface area (Å²) in [5.74, 6) is -0.818. The zero-order valence-corrected chi connectivity index (χ0v) is 13.8. The van der Waals surface area contributed by atoms with Gasteiger partial charge < -0.3 is 4.74 Å². The monoisotopic (exact) mass is 342 g/mol. The van der Waals surface area contributed by atoms with E-state index in [0.29, 0.717) is 21.3 Å². The fourth-order valence-electron chi connectivity index (χ4n) is 2.15. The number of anilines is 1. The average molecular weight is 342 g/mol. The lowest BCUT2D eigenvalue weighted by atomic mass is 10.2. The summed E-state index contributed by atoms with van der Waals surface area (Å²) in [5.41, 5.74) is 2.02. The Morgan fingerprint density at radius 1 is 1.21 bits per heavy atom. The molecule has 0 aliphatic heterocycles. The third-order valence-electron chi connectivity index (χ3n) is 3.37. The molecule has 24 heavy (non-hydrogen) atoms. The van der Waals surface area contributed by atoms with Gasteiger partial charge in [-0.1, -0.05) is 29.5 Å². The van der Waals surface area contributed by atoms with Crippen molar-refractivity contribution in [2.75, 3.05) is 12.4 Å². The maximum Gasteiger partial charge on any atom is 0.349 e. The number of ether oxygens (including phenoxy) is 1. The molecule has 0 unspecified atom stereocenters. The van der Waals surface area contributed by atoms with Gasteiger partial charge in [-0.3, -0.25) is 10.1 Å². The highest BCUT2D eigenvalue weighted by atomic mass is 32.1. The third-order valence-corrected chi connectivity index (χ3v) is 4.26. The molecule has 0 atom stereocenters. The number of hydrogen-bond acceptors (Lipinski definition) is 6. The lowest BCUT2D eigenvalue weighted by Crippen LogP contribution is -2.12. The molecule has 0 spiro atoms. The number of nitrogens with one attached hydrogen (secondary N) is 1. The summed E-state index contributed by atoms with van der Waals surface area (Å²) in [4.78, 5) is 28.2. The molecule has 2 heterocycles. The minimum Gasteiger partial charge on any atom is -0.465 e. The van der Waals surface area contributed by atoms with Gasteiger partial charge in [0.1, 0.15) is 4.88 Å². The first-order chi connectivity index (χ1) is 11.6. The summed E-state index contributed by atoms with van der Waals surface area (Å²) in [5, 5.41) is 7.26. The van der Waals surface area contributed by atoms with Crippen molar-refractivity contribution in [2.45, 2.75) is 6.92 Å². The number of carbonyl (C=O) groups excluding carboxylic acids is 2. The number of methoxy groups -OCH3 is 1. The Kier molecular flexibility index (Phi) is 4.39. The highest BCUT2D eigenvalue weighted by Crippen LogP contribution is 2.21. The average Bonchev–Trinajstić information content (AvgIpc) is 3.21. The lowest BCUT2D eigenvalue weighted by Gasteiger charge is -2.05. The number of para-hydroxylation sites is 1. The van der Waals surface area contributed by atoms with E-state index in [0.717, 1.165) is 17.0 Å². The van der Waals surface area contributed by atoms with Crippen molar-refractivity contribution in [1.82, 2.24) is 14.8 Å². The Morgan fingerprint density at radius 2 is 1.96 bits per heavy atom. The van der Waals surface area contributed by atoms with Crippen molar-refractivity contribution in [1.29, 1.82) is 0 Å². The Morgan fingerprint density at radius 3 is 2.67 bits per heavy atom. The van der Waals surface area contributed by atoms with Gasteiger partial charge >= 0.3 is 5.97 Å². The molecule has 1 aromatic carbocycles. The van der Waals surface area contributed by atoms with Crippen LogP contribution in [0.15, 0.2) is 42.7 Å². The van der Waals surface area contributed by atoms with Crippen molar-refractivity contribution in [3.63, 3.8) is 0 Å². The minimum atomic E-state index is -0.485. The van der Waals surface area contributed by atoms with E-state index in [9.17, 15) is 9.59 Å². The zero-order chi connectivity index (χ0) is 17.1. The van der Waals surface area contributed by atoms with Gasteiger partial charge in [-0.25, -0.2) is 14.5 Å². The second-order valence-electron chi connectivity index (χ2n) is 4.87. The molecule has 8 heteroatoms. The fraction of sp³-hybridized carbons (Fsp3) is 0.125. The van der Waals surface area contributed by atoms with E-state index in [1.165, 1.54) is 19.5 Å². The fourth-order valence-corrected chi connectivity index (χ4v) is 2.88. The van der Waals surface area contributed by atoms with Crippen molar-refractivity contribution in [3.05, 3.63) is 58.9 Å². The number of benzene rings is 1. The second kappa shape index (κ2) is 6.63. The third kappa shape index (κ3) is 3.04. The molecule has 3 rings (SSSR count). The van der Waals surface area contributed by atoms with Gasteiger partial charge in [0, 0.05) is 0 Å². The Hall–Kier alpha value is -3.00. The van der Waals surface area contributed by atoms with Crippen LogP contribution in [0.2, 0.25) is 0 Å². The molecule has 0 aliphatic carbocycles. The van der Waals surface area contributed by atoms with Gasteiger partial charge in [-0.2, -0.15) is 5.10 Å². The first-order valence-corrected chi connectivity index (χ1v) is 7.87. The largest absolute Gasteiger partial charge is 0.465 e. The first kappa shape index (κ1) is 15.9. The molecule has 7 nitrogen and oxygen atoms in total. The molecule has 1 N–H and O–H groups in total. The molecule has 3 aromatic rings. The van der Waals surface area contributed by atoms with Crippen LogP contribution in [0, 0.1) is 6.92 Å². The summed E-state index contributed by atoms with van der Waals surface area (Å²) in [6, 6.07) is 9.54. The topological polar surface area (TPSA) is 86.1 Å². The molecular formula is C16H14N4O3S. The van der Waals surface area contributed by atoms with Crippen LogP contribution >= 0.6 is 11.3 Å². The number of nitrogens with zero attached hydrogens (tertiary/aromatic N) is 3. The summed E-state index contributed by atoms with van der Waals surface area (Å²) in [7, 11) is 1.29. The van der Waals surface area contributed by atoms with Crippen molar-refractivity contribution in [2.24, 2.45) is 0 Å². The number of hydrogen-bond donors (Lipinski definition) is 1. The van der Waals surface area contributed by atoms with Crippen LogP contribution in [0.3, 0.4) is 0 Å². The van der Waals surface area contributed by atoms with E-state index >= 15 is 0 Å². The SMILES string of the molecule is COC(=O)c1cnc(NC(=O)c2cnn(-c3ccccc3)c2C)s1. The van der Waals surface area contributed by atoms with E-state index in [1.54, 1.807) is 4.68 Å². The number of rotatable bonds is 4. The van der Waals surface area contributed by atoms with Crippen LogP contribution in [0.5, 0.6) is 0 Å². The highest BCUT2D eigenvalue weighted by molar-refractivity contribution is 7.17. The Labute approximate surface area is 141 Å². The molecule has 0 saturated carbocycles. The number of aromatic nitrogens is 3. The highest BCUT2D eigenvalue weighted by Gasteiger charge is 2.17. The van der Waals surface area contributed by atoms with E-state index in [2.05, 4.69) is 20.1 Å². The molecule has 0 fully saturated rings. The van der Waals surface area contributed by atoms with Crippen molar-refractivity contribution in [3.8, 4) is 5.69 Å². The Balaban J connectivity index is 1.80. The van der Waals surface area contributed by atoms with Gasteiger partial charge in [0.15, 0.2) is 5.13 Å². The first-order valence-electron chi connectivity index (χ1n) is 7.05. The predicted molar refractivity (Wildman–Crippen MR) is 89.7 cm³/mol. The standard InChI is InChI=1S/C16H14N4O3S/c1-10-12(8-18-20(10)11-6-4-3-5-7-11)14(21)19-16-17-9-13(24-16)15(22)23-2/h3-9H,1-2H3,(H,17,19,21). The van der Waals surface area contributed by atoms with Crippen LogP contribution in [-0.2, 0) is 4.74 Å². The van der Waals surface area contributed by atoms with E-state index in [-0.39, 0.29) is 5.91 Å².